The van der Waals surface area contributed by atoms with Crippen molar-refractivity contribution in [3.05, 3.63) is 0 Å². The van der Waals surface area contributed by atoms with E-state index in [4.69, 9.17) is 0 Å². The van der Waals surface area contributed by atoms with Crippen LogP contribution < -0.4 is 0 Å². The van der Waals surface area contributed by atoms with E-state index in [1.165, 1.54) is 0 Å². The molecule has 0 N–H and O–H groups in total. The van der Waals surface area contributed by atoms with Gasteiger partial charge >= 0.3 is 0 Å². The second-order valence-corrected chi connectivity index (χ2v) is 0. The SMILES string of the molecule is [Co].[Cu].[Fe].[K].[Ni]. The van der Waals surface area contributed by atoms with Gasteiger partial charge in [-0.1, -0.05) is 0 Å². The van der Waals surface area contributed by atoms with Gasteiger partial charge in [-0.3, -0.25) is 0 Å². The predicted molar refractivity (Wildman–Crippen MR) is 5.75 cm³/mol. The third-order valence-electron chi connectivity index (χ3n) is 0. The van der Waals surface area contributed by atoms with E-state index in [2.05, 4.69) is 0 Å². The molecule has 0 nitrogen and oxygen atoms in total. The van der Waals surface area contributed by atoms with Crippen molar-refractivity contribution in [1.29, 1.82) is 0 Å². The maximum atomic E-state index is 0. The van der Waals surface area contributed by atoms with Crippen molar-refractivity contribution in [2.24, 2.45) is 0 Å². The van der Waals surface area contributed by atoms with Crippen molar-refractivity contribution in [1.82, 2.24) is 0 Å². The topological polar surface area (TPSA) is 0 Å². The average molecular weight is 276 g/mol. The van der Waals surface area contributed by atoms with Gasteiger partial charge in [0.1, 0.15) is 0 Å². The van der Waals surface area contributed by atoms with Gasteiger partial charge in [0.15, 0.2) is 0 Å². The summed E-state index contributed by atoms with van der Waals surface area (Å²) in [4.78, 5) is 0. The van der Waals surface area contributed by atoms with Crippen LogP contribution in [0.3, 0.4) is 0 Å². The van der Waals surface area contributed by atoms with E-state index in [-0.39, 0.29) is 119 Å². The predicted octanol–water partition coefficient (Wildman–Crippen LogP) is -0.391. The molecular weight excluding hydrogens is 276 g/mol. The van der Waals surface area contributed by atoms with Crippen LogP contribution >= 0.6 is 0 Å². The Morgan fingerprint density at radius 2 is 1.00 bits per heavy atom. The molecule has 0 aromatic carbocycles. The van der Waals surface area contributed by atoms with Crippen molar-refractivity contribution in [2.75, 3.05) is 0 Å². The van der Waals surface area contributed by atoms with Gasteiger partial charge in [-0.05, 0) is 0 Å². The summed E-state index contributed by atoms with van der Waals surface area (Å²) < 4.78 is 0. The molecule has 0 aromatic rings. The van der Waals surface area contributed by atoms with Crippen molar-refractivity contribution in [3.8, 4) is 0 Å². The molecule has 0 atom stereocenters. The monoisotopic (exact) mass is 275 g/mol. The molecule has 0 aliphatic heterocycles. The minimum absolute atomic E-state index is 0. The molecule has 0 aromatic heterocycles. The van der Waals surface area contributed by atoms with Crippen LogP contribution in [0.5, 0.6) is 0 Å². The summed E-state index contributed by atoms with van der Waals surface area (Å²) in [5.74, 6) is 0. The van der Waals surface area contributed by atoms with Gasteiger partial charge in [0.05, 0.1) is 0 Å². The van der Waals surface area contributed by atoms with Crippen LogP contribution in [0.1, 0.15) is 0 Å². The van der Waals surface area contributed by atoms with E-state index in [1.807, 2.05) is 0 Å². The van der Waals surface area contributed by atoms with Crippen LogP contribution in [-0.4, -0.2) is 51.4 Å². The van der Waals surface area contributed by atoms with Gasteiger partial charge in [0.2, 0.25) is 0 Å². The van der Waals surface area contributed by atoms with E-state index < -0.39 is 0 Å². The molecule has 39 valence electrons. The summed E-state index contributed by atoms with van der Waals surface area (Å²) in [5, 5.41) is 0. The van der Waals surface area contributed by atoms with Gasteiger partial charge < -0.3 is 0 Å². The molecule has 3 radical (unpaired) electrons. The molecule has 0 saturated carbocycles. The third-order valence-corrected chi connectivity index (χ3v) is 0. The Bertz CT molecular complexity index is 11.6. The first kappa shape index (κ1) is 37.8. The van der Waals surface area contributed by atoms with Crippen LogP contribution in [-0.2, 0) is 67.4 Å². The molecule has 5 heavy (non-hydrogen) atoms. The van der Waals surface area contributed by atoms with Crippen molar-refractivity contribution in [3.63, 3.8) is 0 Å². The Hall–Kier alpha value is 3.68. The van der Waals surface area contributed by atoms with Gasteiger partial charge in [-0.2, -0.15) is 0 Å². The Balaban J connectivity index is 0. The first-order valence-corrected chi connectivity index (χ1v) is 0. The second kappa shape index (κ2) is 25.3. The molecule has 0 fully saturated rings. The summed E-state index contributed by atoms with van der Waals surface area (Å²) in [7, 11) is 0. The average Bonchev–Trinajstić information content (AvgIpc) is 0. The number of hydrogen-bond acceptors (Lipinski definition) is 0. The van der Waals surface area contributed by atoms with Gasteiger partial charge in [-0.25, -0.2) is 0 Å². The standard InChI is InChI=1S/Co.Cu.Fe.K.Ni. The smallest absolute Gasteiger partial charge is 0 e. The first-order chi connectivity index (χ1) is 0. The maximum Gasteiger partial charge on any atom is 0 e. The maximum absolute atomic E-state index is 0. The van der Waals surface area contributed by atoms with Crippen molar-refractivity contribution < 1.29 is 67.4 Å². The molecule has 0 amide bonds. The fourth-order valence-electron chi connectivity index (χ4n) is 0. The molecule has 0 aliphatic carbocycles. The van der Waals surface area contributed by atoms with Crippen molar-refractivity contribution in [2.45, 2.75) is 0 Å². The summed E-state index contributed by atoms with van der Waals surface area (Å²) in [5.41, 5.74) is 0. The summed E-state index contributed by atoms with van der Waals surface area (Å²) in [6.45, 7) is 0. The molecular formula is CoCuFeKNi. The zero-order chi connectivity index (χ0) is 0. The largest absolute Gasteiger partial charge is 0 e. The molecule has 0 bridgehead atoms. The molecule has 0 heterocycles. The van der Waals surface area contributed by atoms with Gasteiger partial charge in [-0.15, -0.1) is 0 Å². The molecule has 0 unspecified atom stereocenters. The number of hydrogen-bond donors (Lipinski definition) is 0. The van der Waals surface area contributed by atoms with Crippen LogP contribution in [0.15, 0.2) is 0 Å². The minimum Gasteiger partial charge on any atom is 0 e. The fourth-order valence-corrected chi connectivity index (χ4v) is 0. The Labute approximate surface area is 116 Å². The van der Waals surface area contributed by atoms with E-state index in [0.29, 0.717) is 0 Å². The zero-order valence-corrected chi connectivity index (χ0v) is 9.50. The third kappa shape index (κ3) is 18.3. The number of rotatable bonds is 0. The molecule has 5 heteroatoms. The molecule has 0 rings (SSSR count). The summed E-state index contributed by atoms with van der Waals surface area (Å²) in [6.07, 6.45) is 0. The van der Waals surface area contributed by atoms with Crippen LogP contribution in [0.4, 0.5) is 0 Å². The van der Waals surface area contributed by atoms with E-state index in [1.54, 1.807) is 0 Å². The Morgan fingerprint density at radius 1 is 1.00 bits per heavy atom. The van der Waals surface area contributed by atoms with Crippen LogP contribution in [0.2, 0.25) is 0 Å². The van der Waals surface area contributed by atoms with Gasteiger partial charge in [0, 0.05) is 119 Å². The zero-order valence-electron chi connectivity index (χ0n) is 2.30. The van der Waals surface area contributed by atoms with E-state index in [0.717, 1.165) is 0 Å². The Morgan fingerprint density at radius 3 is 1.00 bits per heavy atom. The molecule has 0 aliphatic rings. The van der Waals surface area contributed by atoms with Crippen LogP contribution in [0.25, 0.3) is 0 Å². The molecule has 0 saturated heterocycles. The summed E-state index contributed by atoms with van der Waals surface area (Å²) in [6, 6.07) is 0. The van der Waals surface area contributed by atoms with Crippen molar-refractivity contribution >= 4 is 51.4 Å². The summed E-state index contributed by atoms with van der Waals surface area (Å²) >= 11 is 0. The Kier molecular flexibility index (Phi) is 192. The van der Waals surface area contributed by atoms with Gasteiger partial charge in [0.25, 0.3) is 0 Å². The minimum atomic E-state index is 0. The fraction of sp³-hybridized carbons (Fsp3) is 0. The second-order valence-electron chi connectivity index (χ2n) is 0. The molecule has 0 spiro atoms. The van der Waals surface area contributed by atoms with E-state index >= 15 is 0 Å². The van der Waals surface area contributed by atoms with Crippen LogP contribution in [0, 0.1) is 0 Å². The first-order valence-electron chi connectivity index (χ1n) is 0. The normalized spacial score (nSPS) is 0. The van der Waals surface area contributed by atoms with E-state index in [9.17, 15) is 0 Å². The quantitative estimate of drug-likeness (QED) is 0.529.